The van der Waals surface area contributed by atoms with Gasteiger partial charge in [-0.25, -0.2) is 0 Å². The Morgan fingerprint density at radius 1 is 1.67 bits per heavy atom. The lowest BCUT2D eigenvalue weighted by Crippen LogP contribution is -1.92. The van der Waals surface area contributed by atoms with Gasteiger partial charge in [-0.05, 0) is 30.6 Å². The third-order valence-corrected chi connectivity index (χ3v) is 3.00. The van der Waals surface area contributed by atoms with E-state index in [-0.39, 0.29) is 0 Å². The van der Waals surface area contributed by atoms with Gasteiger partial charge in [0.25, 0.3) is 0 Å². The van der Waals surface area contributed by atoms with Crippen molar-refractivity contribution in [2.24, 2.45) is 11.3 Å². The minimum absolute atomic E-state index is 0.731. The van der Waals surface area contributed by atoms with Crippen molar-refractivity contribution in [3.8, 4) is 0 Å². The highest BCUT2D eigenvalue weighted by atomic mass is 14.5. The van der Waals surface area contributed by atoms with Gasteiger partial charge in [0, 0.05) is 0 Å². The number of rotatable bonds is 1. The smallest absolute Gasteiger partial charge is 0.00839 e. The molecule has 2 unspecified atom stereocenters. The van der Waals surface area contributed by atoms with Gasteiger partial charge in [0.05, 0.1) is 0 Å². The molecule has 0 amide bonds. The summed E-state index contributed by atoms with van der Waals surface area (Å²) in [5, 5.41) is 0. The molecule has 1 fully saturated rings. The zero-order chi connectivity index (χ0) is 6.32. The quantitative estimate of drug-likeness (QED) is 0.469. The molecule has 0 nitrogen and oxygen atoms in total. The number of allylic oxidation sites excluding steroid dienone is 2. The van der Waals surface area contributed by atoms with Gasteiger partial charge in [-0.2, -0.15) is 0 Å². The molecule has 0 N–H and O–H groups in total. The molecule has 0 heterocycles. The second-order valence-electron chi connectivity index (χ2n) is 3.48. The molecule has 1 spiro atoms. The van der Waals surface area contributed by atoms with E-state index < -0.39 is 0 Å². The van der Waals surface area contributed by atoms with E-state index in [2.05, 4.69) is 19.1 Å². The maximum atomic E-state index is 2.46. The summed E-state index contributed by atoms with van der Waals surface area (Å²) in [4.78, 5) is 0. The first-order chi connectivity index (χ1) is 4.37. The van der Waals surface area contributed by atoms with Crippen LogP contribution in [0.3, 0.4) is 0 Å². The Kier molecular flexibility index (Phi) is 0.992. The Bertz CT molecular complexity index is 146. The Balaban J connectivity index is 2.05. The molecule has 50 valence electrons. The molecule has 0 bridgehead atoms. The van der Waals surface area contributed by atoms with Crippen LogP contribution in [0.25, 0.3) is 0 Å². The van der Waals surface area contributed by atoms with Crippen molar-refractivity contribution < 1.29 is 0 Å². The van der Waals surface area contributed by atoms with Crippen molar-refractivity contribution in [1.82, 2.24) is 0 Å². The maximum absolute atomic E-state index is 2.46. The summed E-state index contributed by atoms with van der Waals surface area (Å²) in [6.45, 7) is 2.31. The van der Waals surface area contributed by atoms with E-state index >= 15 is 0 Å². The molecule has 0 aromatic heterocycles. The van der Waals surface area contributed by atoms with E-state index in [0.29, 0.717) is 0 Å². The second kappa shape index (κ2) is 1.62. The predicted octanol–water partition coefficient (Wildman–Crippen LogP) is 2.75. The van der Waals surface area contributed by atoms with E-state index in [4.69, 9.17) is 0 Å². The first-order valence-electron chi connectivity index (χ1n) is 4.05. The molecule has 1 saturated carbocycles. The summed E-state index contributed by atoms with van der Waals surface area (Å²) in [6.07, 6.45) is 10.5. The van der Waals surface area contributed by atoms with Gasteiger partial charge in [-0.15, -0.1) is 0 Å². The fourth-order valence-electron chi connectivity index (χ4n) is 2.21. The number of hydrogen-bond acceptors (Lipinski definition) is 0. The zero-order valence-corrected chi connectivity index (χ0v) is 6.06. The average Bonchev–Trinajstić information content (AvgIpc) is 2.30. The maximum Gasteiger partial charge on any atom is -0.00839 e. The molecule has 2 aliphatic rings. The van der Waals surface area contributed by atoms with Crippen molar-refractivity contribution in [3.05, 3.63) is 12.2 Å². The normalized spacial score (nSPS) is 46.6. The molecular weight excluding hydrogens is 108 g/mol. The van der Waals surface area contributed by atoms with E-state index in [1.54, 1.807) is 0 Å². The minimum Gasteiger partial charge on any atom is -0.0879 e. The lowest BCUT2D eigenvalue weighted by Gasteiger charge is -2.02. The Labute approximate surface area is 57.0 Å². The van der Waals surface area contributed by atoms with Gasteiger partial charge < -0.3 is 0 Å². The largest absolute Gasteiger partial charge is 0.0879 e. The lowest BCUT2D eigenvalue weighted by molar-refractivity contribution is 0.544. The van der Waals surface area contributed by atoms with Crippen LogP contribution in [-0.4, -0.2) is 0 Å². The molecule has 2 atom stereocenters. The van der Waals surface area contributed by atoms with Crippen LogP contribution in [-0.2, 0) is 0 Å². The molecule has 0 aliphatic heterocycles. The molecule has 2 rings (SSSR count). The van der Waals surface area contributed by atoms with Gasteiger partial charge in [0.15, 0.2) is 0 Å². The standard InChI is InChI=1S/C9H14/c1-2-8-7-9(8)5-3-4-6-9/h3,5,8H,2,4,6-7H2,1H3. The topological polar surface area (TPSA) is 0 Å². The van der Waals surface area contributed by atoms with Crippen LogP contribution in [0.1, 0.15) is 32.6 Å². The Morgan fingerprint density at radius 3 is 3.00 bits per heavy atom. The van der Waals surface area contributed by atoms with Crippen LogP contribution in [0.2, 0.25) is 0 Å². The Hall–Kier alpha value is -0.260. The van der Waals surface area contributed by atoms with E-state index in [9.17, 15) is 0 Å². The van der Waals surface area contributed by atoms with Crippen molar-refractivity contribution in [3.63, 3.8) is 0 Å². The van der Waals surface area contributed by atoms with E-state index in [1.165, 1.54) is 25.7 Å². The molecule has 0 aromatic carbocycles. The van der Waals surface area contributed by atoms with Crippen LogP contribution in [0.4, 0.5) is 0 Å². The van der Waals surface area contributed by atoms with Gasteiger partial charge in [-0.3, -0.25) is 0 Å². The summed E-state index contributed by atoms with van der Waals surface area (Å²) in [5.41, 5.74) is 0.731. The fraction of sp³-hybridized carbons (Fsp3) is 0.778. The fourth-order valence-corrected chi connectivity index (χ4v) is 2.21. The highest BCUT2D eigenvalue weighted by Crippen LogP contribution is 2.60. The van der Waals surface area contributed by atoms with Crippen molar-refractivity contribution in [2.45, 2.75) is 32.6 Å². The third kappa shape index (κ3) is 0.654. The van der Waals surface area contributed by atoms with Crippen LogP contribution >= 0.6 is 0 Å². The summed E-state index contributed by atoms with van der Waals surface area (Å²) < 4.78 is 0. The monoisotopic (exact) mass is 122 g/mol. The second-order valence-corrected chi connectivity index (χ2v) is 3.48. The first kappa shape index (κ1) is 5.52. The molecule has 0 saturated heterocycles. The van der Waals surface area contributed by atoms with Gasteiger partial charge >= 0.3 is 0 Å². The molecule has 0 aromatic rings. The Morgan fingerprint density at radius 2 is 2.56 bits per heavy atom. The van der Waals surface area contributed by atoms with Crippen LogP contribution < -0.4 is 0 Å². The predicted molar refractivity (Wildman–Crippen MR) is 39.2 cm³/mol. The highest BCUT2D eigenvalue weighted by Gasteiger charge is 2.51. The third-order valence-electron chi connectivity index (χ3n) is 3.00. The van der Waals surface area contributed by atoms with Crippen LogP contribution in [0.5, 0.6) is 0 Å². The molecule has 0 heteroatoms. The van der Waals surface area contributed by atoms with Gasteiger partial charge in [-0.1, -0.05) is 25.5 Å². The zero-order valence-electron chi connectivity index (χ0n) is 6.06. The molecule has 2 aliphatic carbocycles. The van der Waals surface area contributed by atoms with Crippen molar-refractivity contribution in [2.75, 3.05) is 0 Å². The average molecular weight is 122 g/mol. The molecule has 9 heavy (non-hydrogen) atoms. The van der Waals surface area contributed by atoms with Crippen LogP contribution in [0.15, 0.2) is 12.2 Å². The molecule has 0 radical (unpaired) electrons. The number of hydrogen-bond donors (Lipinski definition) is 0. The summed E-state index contributed by atoms with van der Waals surface area (Å²) in [5.74, 6) is 1.05. The minimum atomic E-state index is 0.731. The van der Waals surface area contributed by atoms with Crippen molar-refractivity contribution in [1.29, 1.82) is 0 Å². The summed E-state index contributed by atoms with van der Waals surface area (Å²) in [7, 11) is 0. The van der Waals surface area contributed by atoms with Crippen molar-refractivity contribution >= 4 is 0 Å². The molecular formula is C9H14. The summed E-state index contributed by atoms with van der Waals surface area (Å²) in [6, 6.07) is 0. The van der Waals surface area contributed by atoms with E-state index in [1.807, 2.05) is 0 Å². The van der Waals surface area contributed by atoms with Gasteiger partial charge in [0.1, 0.15) is 0 Å². The van der Waals surface area contributed by atoms with E-state index in [0.717, 1.165) is 11.3 Å². The van der Waals surface area contributed by atoms with Crippen LogP contribution in [0, 0.1) is 11.3 Å². The SMILES string of the molecule is CCC1CC12C=CCC2. The highest BCUT2D eigenvalue weighted by molar-refractivity contribution is 5.18. The lowest BCUT2D eigenvalue weighted by atomic mass is 10.0. The summed E-state index contributed by atoms with van der Waals surface area (Å²) >= 11 is 0. The first-order valence-corrected chi connectivity index (χ1v) is 4.05. The van der Waals surface area contributed by atoms with Gasteiger partial charge in [0.2, 0.25) is 0 Å².